The quantitative estimate of drug-likeness (QED) is 0.874. The van der Waals surface area contributed by atoms with Gasteiger partial charge < -0.3 is 10.4 Å². The van der Waals surface area contributed by atoms with E-state index in [1.54, 1.807) is 0 Å². The van der Waals surface area contributed by atoms with Crippen molar-refractivity contribution < 1.29 is 27.9 Å². The largest absolute Gasteiger partial charge is 0.478 e. The van der Waals surface area contributed by atoms with Crippen LogP contribution in [0.1, 0.15) is 42.5 Å². The molecule has 1 amide bonds. The summed E-state index contributed by atoms with van der Waals surface area (Å²) in [5.41, 5.74) is 0.595. The molecule has 0 aromatic heterocycles. The van der Waals surface area contributed by atoms with E-state index in [4.69, 9.17) is 5.11 Å². The maximum atomic E-state index is 12.6. The first-order chi connectivity index (χ1) is 10.8. The van der Waals surface area contributed by atoms with Gasteiger partial charge in [0, 0.05) is 12.1 Å². The molecule has 1 aromatic carbocycles. The Morgan fingerprint density at radius 3 is 2.13 bits per heavy atom. The number of amides is 1. The minimum atomic E-state index is -4.14. The molecule has 0 unspecified atom stereocenters. The van der Waals surface area contributed by atoms with E-state index in [1.165, 1.54) is 24.3 Å². The highest BCUT2D eigenvalue weighted by molar-refractivity contribution is 5.92. The van der Waals surface area contributed by atoms with Crippen molar-refractivity contribution in [1.29, 1.82) is 0 Å². The Morgan fingerprint density at radius 1 is 1.09 bits per heavy atom. The van der Waals surface area contributed by atoms with Crippen molar-refractivity contribution in [3.63, 3.8) is 0 Å². The average Bonchev–Trinajstić information content (AvgIpc) is 2.47. The zero-order valence-corrected chi connectivity index (χ0v) is 12.4. The summed E-state index contributed by atoms with van der Waals surface area (Å²) < 4.78 is 37.8. The predicted octanol–water partition coefficient (Wildman–Crippen LogP) is 4.08. The van der Waals surface area contributed by atoms with E-state index in [-0.39, 0.29) is 36.7 Å². The smallest absolute Gasteiger partial charge is 0.391 e. The molecule has 23 heavy (non-hydrogen) atoms. The zero-order chi connectivity index (χ0) is 17.0. The van der Waals surface area contributed by atoms with Crippen LogP contribution in [-0.4, -0.2) is 23.2 Å². The van der Waals surface area contributed by atoms with Crippen molar-refractivity contribution >= 4 is 17.6 Å². The first-order valence-corrected chi connectivity index (χ1v) is 7.45. The second kappa shape index (κ2) is 7.02. The number of hydrogen-bond donors (Lipinski definition) is 2. The van der Waals surface area contributed by atoms with Crippen LogP contribution in [0.15, 0.2) is 24.3 Å². The molecule has 1 fully saturated rings. The zero-order valence-electron chi connectivity index (χ0n) is 12.4. The second-order valence-electron chi connectivity index (χ2n) is 5.89. The van der Waals surface area contributed by atoms with Crippen molar-refractivity contribution in [3.8, 4) is 0 Å². The second-order valence-corrected chi connectivity index (χ2v) is 5.89. The van der Waals surface area contributed by atoms with Crippen molar-refractivity contribution in [3.05, 3.63) is 29.8 Å². The van der Waals surface area contributed by atoms with E-state index < -0.39 is 18.1 Å². The van der Waals surface area contributed by atoms with Crippen LogP contribution in [-0.2, 0) is 4.79 Å². The molecule has 4 nitrogen and oxygen atoms in total. The lowest BCUT2D eigenvalue weighted by Gasteiger charge is -2.29. The monoisotopic (exact) mass is 329 g/mol. The third-order valence-corrected chi connectivity index (χ3v) is 4.20. The van der Waals surface area contributed by atoms with Gasteiger partial charge in [-0.1, -0.05) is 0 Å². The number of anilines is 1. The van der Waals surface area contributed by atoms with Gasteiger partial charge in [0.15, 0.2) is 0 Å². The van der Waals surface area contributed by atoms with E-state index in [9.17, 15) is 22.8 Å². The summed E-state index contributed by atoms with van der Waals surface area (Å²) in [6.07, 6.45) is -3.00. The Morgan fingerprint density at radius 2 is 1.65 bits per heavy atom. The molecule has 0 saturated heterocycles. The van der Waals surface area contributed by atoms with E-state index in [1.807, 2.05) is 0 Å². The SMILES string of the molecule is O=C(CC1CCC(C(F)(F)F)CC1)Nc1ccc(C(=O)O)cc1. The van der Waals surface area contributed by atoms with Crippen LogP contribution < -0.4 is 5.32 Å². The van der Waals surface area contributed by atoms with Gasteiger partial charge in [0.05, 0.1) is 11.5 Å². The Labute approximate surface area is 131 Å². The molecule has 0 bridgehead atoms. The van der Waals surface area contributed by atoms with Gasteiger partial charge in [-0.2, -0.15) is 13.2 Å². The van der Waals surface area contributed by atoms with Crippen LogP contribution in [0.3, 0.4) is 0 Å². The van der Waals surface area contributed by atoms with E-state index >= 15 is 0 Å². The molecular weight excluding hydrogens is 311 g/mol. The van der Waals surface area contributed by atoms with Gasteiger partial charge in [-0.25, -0.2) is 4.79 Å². The fraction of sp³-hybridized carbons (Fsp3) is 0.500. The molecule has 0 radical (unpaired) electrons. The molecule has 0 heterocycles. The average molecular weight is 329 g/mol. The van der Waals surface area contributed by atoms with E-state index in [0.717, 1.165) is 0 Å². The normalized spacial score (nSPS) is 21.7. The molecule has 1 saturated carbocycles. The molecule has 1 aliphatic carbocycles. The summed E-state index contributed by atoms with van der Waals surface area (Å²) in [7, 11) is 0. The molecule has 1 aliphatic rings. The molecule has 0 atom stereocenters. The molecule has 1 aromatic rings. The lowest BCUT2D eigenvalue weighted by atomic mass is 9.80. The fourth-order valence-electron chi connectivity index (χ4n) is 2.86. The Balaban J connectivity index is 1.80. The number of alkyl halides is 3. The van der Waals surface area contributed by atoms with Crippen LogP contribution in [0.5, 0.6) is 0 Å². The molecule has 0 aliphatic heterocycles. The van der Waals surface area contributed by atoms with Gasteiger partial charge in [-0.05, 0) is 55.9 Å². The number of halogens is 3. The van der Waals surface area contributed by atoms with Crippen LogP contribution in [0, 0.1) is 11.8 Å². The van der Waals surface area contributed by atoms with E-state index in [2.05, 4.69) is 5.32 Å². The predicted molar refractivity (Wildman–Crippen MR) is 78.2 cm³/mol. The summed E-state index contributed by atoms with van der Waals surface area (Å²) in [6.45, 7) is 0. The van der Waals surface area contributed by atoms with Crippen LogP contribution in [0.2, 0.25) is 0 Å². The Kier molecular flexibility index (Phi) is 5.28. The number of benzene rings is 1. The Bertz CT molecular complexity index is 561. The first-order valence-electron chi connectivity index (χ1n) is 7.45. The minimum absolute atomic E-state index is 0.0353. The maximum absolute atomic E-state index is 12.6. The maximum Gasteiger partial charge on any atom is 0.391 e. The van der Waals surface area contributed by atoms with Crippen molar-refractivity contribution in [2.75, 3.05) is 5.32 Å². The van der Waals surface area contributed by atoms with Gasteiger partial charge in [0.2, 0.25) is 5.91 Å². The van der Waals surface area contributed by atoms with Crippen molar-refractivity contribution in [1.82, 2.24) is 0 Å². The molecule has 0 spiro atoms. The van der Waals surface area contributed by atoms with Crippen molar-refractivity contribution in [2.45, 2.75) is 38.3 Å². The summed E-state index contributed by atoms with van der Waals surface area (Å²) in [4.78, 5) is 22.7. The highest BCUT2D eigenvalue weighted by atomic mass is 19.4. The topological polar surface area (TPSA) is 66.4 Å². The number of aromatic carboxylic acids is 1. The molecule has 2 rings (SSSR count). The number of carbonyl (C=O) groups is 2. The van der Waals surface area contributed by atoms with Gasteiger partial charge in [-0.3, -0.25) is 4.79 Å². The number of carboxylic acid groups (broad SMARTS) is 1. The summed E-state index contributed by atoms with van der Waals surface area (Å²) >= 11 is 0. The standard InChI is InChI=1S/C16H18F3NO3/c17-16(18,19)12-5-1-10(2-6-12)9-14(21)20-13-7-3-11(4-8-13)15(22)23/h3-4,7-8,10,12H,1-2,5-6,9H2,(H,20,21)(H,22,23). The highest BCUT2D eigenvalue weighted by Crippen LogP contribution is 2.40. The number of hydrogen-bond acceptors (Lipinski definition) is 2. The van der Waals surface area contributed by atoms with Crippen molar-refractivity contribution in [2.24, 2.45) is 11.8 Å². The van der Waals surface area contributed by atoms with Crippen LogP contribution in [0.25, 0.3) is 0 Å². The minimum Gasteiger partial charge on any atom is -0.478 e. The van der Waals surface area contributed by atoms with Gasteiger partial charge >= 0.3 is 12.1 Å². The number of carboxylic acids is 1. The number of nitrogens with one attached hydrogen (secondary N) is 1. The molecule has 7 heteroatoms. The van der Waals surface area contributed by atoms with Crippen LogP contribution in [0.4, 0.5) is 18.9 Å². The fourth-order valence-corrected chi connectivity index (χ4v) is 2.86. The van der Waals surface area contributed by atoms with Gasteiger partial charge in [0.25, 0.3) is 0 Å². The first kappa shape index (κ1) is 17.3. The van der Waals surface area contributed by atoms with Gasteiger partial charge in [0.1, 0.15) is 0 Å². The summed E-state index contributed by atoms with van der Waals surface area (Å²) in [5.74, 6) is -2.59. The molecule has 2 N–H and O–H groups in total. The Hall–Kier alpha value is -2.05. The summed E-state index contributed by atoms with van der Waals surface area (Å²) in [6, 6.07) is 5.74. The van der Waals surface area contributed by atoms with E-state index in [0.29, 0.717) is 18.5 Å². The lowest BCUT2D eigenvalue weighted by molar-refractivity contribution is -0.183. The highest BCUT2D eigenvalue weighted by Gasteiger charge is 2.41. The van der Waals surface area contributed by atoms with Crippen LogP contribution >= 0.6 is 0 Å². The molecule has 126 valence electrons. The third kappa shape index (κ3) is 4.97. The van der Waals surface area contributed by atoms with Gasteiger partial charge in [-0.15, -0.1) is 0 Å². The lowest BCUT2D eigenvalue weighted by Crippen LogP contribution is -2.29. The number of rotatable bonds is 4. The summed E-state index contributed by atoms with van der Waals surface area (Å²) in [5, 5.41) is 11.4. The number of carbonyl (C=O) groups excluding carboxylic acids is 1. The third-order valence-electron chi connectivity index (χ3n) is 4.20. The molecular formula is C16H18F3NO3.